The van der Waals surface area contributed by atoms with Crippen molar-refractivity contribution in [3.8, 4) is 0 Å². The lowest BCUT2D eigenvalue weighted by Gasteiger charge is -2.06. The predicted octanol–water partition coefficient (Wildman–Crippen LogP) is 4.45. The fourth-order valence-corrected chi connectivity index (χ4v) is 2.50. The van der Waals surface area contributed by atoms with Gasteiger partial charge in [-0.05, 0) is 35.2 Å². The van der Waals surface area contributed by atoms with Gasteiger partial charge in [-0.25, -0.2) is 4.98 Å². The average molecular weight is 300 g/mol. The first kappa shape index (κ1) is 13.6. The minimum Gasteiger partial charge on any atom is -0.206 e. The van der Waals surface area contributed by atoms with E-state index in [0.717, 1.165) is 4.90 Å². The van der Waals surface area contributed by atoms with E-state index in [0.29, 0.717) is 10.9 Å². The van der Waals surface area contributed by atoms with Gasteiger partial charge in [-0.3, -0.25) is 0 Å². The van der Waals surface area contributed by atoms with E-state index < -0.39 is 0 Å². The number of halogens is 2. The highest BCUT2D eigenvalue weighted by Crippen LogP contribution is 2.31. The lowest BCUT2D eigenvalue weighted by molar-refractivity contribution is 0.864. The van der Waals surface area contributed by atoms with Crippen LogP contribution in [-0.4, -0.2) is 15.2 Å². The second-order valence-corrected chi connectivity index (χ2v) is 5.76. The van der Waals surface area contributed by atoms with Gasteiger partial charge in [0.05, 0.1) is 0 Å². The zero-order valence-electron chi connectivity index (χ0n) is 9.89. The van der Waals surface area contributed by atoms with E-state index in [1.807, 2.05) is 12.1 Å². The Kier molecular flexibility index (Phi) is 4.43. The van der Waals surface area contributed by atoms with Crippen LogP contribution in [-0.2, 0) is 0 Å². The van der Waals surface area contributed by atoms with Crippen molar-refractivity contribution in [3.63, 3.8) is 0 Å². The molecule has 0 aliphatic carbocycles. The van der Waals surface area contributed by atoms with Gasteiger partial charge in [0.1, 0.15) is 5.03 Å². The fraction of sp³-hybridized carbons (Fsp3) is 0.250. The zero-order chi connectivity index (χ0) is 13.1. The Labute approximate surface area is 120 Å². The highest BCUT2D eigenvalue weighted by molar-refractivity contribution is 7.99. The second kappa shape index (κ2) is 5.87. The third-order valence-electron chi connectivity index (χ3n) is 2.35. The first-order valence-corrected chi connectivity index (χ1v) is 6.97. The molecule has 0 spiro atoms. The number of aromatic nitrogens is 3. The predicted molar refractivity (Wildman–Crippen MR) is 74.5 cm³/mol. The molecule has 2 rings (SSSR count). The summed E-state index contributed by atoms with van der Waals surface area (Å²) in [6.07, 6.45) is 0. The van der Waals surface area contributed by atoms with Gasteiger partial charge in [0.2, 0.25) is 5.28 Å². The van der Waals surface area contributed by atoms with E-state index in [9.17, 15) is 0 Å². The summed E-state index contributed by atoms with van der Waals surface area (Å²) in [4.78, 5) is 5.09. The van der Waals surface area contributed by atoms with E-state index in [4.69, 9.17) is 23.2 Å². The maximum atomic E-state index is 5.91. The molecule has 0 radical (unpaired) electrons. The molecular weight excluding hydrogens is 289 g/mol. The van der Waals surface area contributed by atoms with Crippen LogP contribution in [0.15, 0.2) is 34.2 Å². The van der Waals surface area contributed by atoms with Gasteiger partial charge in [0, 0.05) is 4.90 Å². The largest absolute Gasteiger partial charge is 0.244 e. The lowest BCUT2D eigenvalue weighted by Crippen LogP contribution is -1.91. The van der Waals surface area contributed by atoms with Crippen LogP contribution in [0.5, 0.6) is 0 Å². The molecule has 2 aromatic rings. The fourth-order valence-electron chi connectivity index (χ4n) is 1.38. The Morgan fingerprint density at radius 1 is 1.06 bits per heavy atom. The summed E-state index contributed by atoms with van der Waals surface area (Å²) in [5, 5.41) is 8.22. The topological polar surface area (TPSA) is 38.7 Å². The van der Waals surface area contributed by atoms with Gasteiger partial charge < -0.3 is 0 Å². The van der Waals surface area contributed by atoms with Crippen LogP contribution < -0.4 is 0 Å². The van der Waals surface area contributed by atoms with Crippen LogP contribution in [0.2, 0.25) is 10.4 Å². The summed E-state index contributed by atoms with van der Waals surface area (Å²) in [5.74, 6) is 0.516. The third-order valence-corrected chi connectivity index (χ3v) is 3.86. The Bertz CT molecular complexity index is 544. The molecule has 0 bridgehead atoms. The molecule has 0 saturated carbocycles. The SMILES string of the molecule is CC(C)c1ccc(Sc2nc(Cl)nnc2Cl)cc1. The Morgan fingerprint density at radius 2 is 1.72 bits per heavy atom. The van der Waals surface area contributed by atoms with Crippen LogP contribution in [0.25, 0.3) is 0 Å². The quantitative estimate of drug-likeness (QED) is 0.839. The van der Waals surface area contributed by atoms with E-state index in [2.05, 4.69) is 41.2 Å². The molecular formula is C12H11Cl2N3S. The summed E-state index contributed by atoms with van der Waals surface area (Å²) >= 11 is 13.0. The number of nitrogens with zero attached hydrogens (tertiary/aromatic N) is 3. The Balaban J connectivity index is 2.21. The molecule has 0 unspecified atom stereocenters. The molecule has 6 heteroatoms. The van der Waals surface area contributed by atoms with Gasteiger partial charge >= 0.3 is 0 Å². The lowest BCUT2D eigenvalue weighted by atomic mass is 10.0. The third kappa shape index (κ3) is 3.34. The number of hydrogen-bond donors (Lipinski definition) is 0. The molecule has 0 atom stereocenters. The highest BCUT2D eigenvalue weighted by atomic mass is 35.5. The van der Waals surface area contributed by atoms with Crippen LogP contribution in [0.3, 0.4) is 0 Å². The highest BCUT2D eigenvalue weighted by Gasteiger charge is 2.08. The van der Waals surface area contributed by atoms with Gasteiger partial charge in [-0.2, -0.15) is 0 Å². The zero-order valence-corrected chi connectivity index (χ0v) is 12.2. The maximum absolute atomic E-state index is 5.91. The van der Waals surface area contributed by atoms with E-state index in [1.165, 1.54) is 17.3 Å². The van der Waals surface area contributed by atoms with Gasteiger partial charge in [0.15, 0.2) is 5.15 Å². The first-order chi connectivity index (χ1) is 8.56. The molecule has 0 aliphatic heterocycles. The van der Waals surface area contributed by atoms with Crippen molar-refractivity contribution in [2.75, 3.05) is 0 Å². The molecule has 18 heavy (non-hydrogen) atoms. The van der Waals surface area contributed by atoms with Crippen molar-refractivity contribution in [3.05, 3.63) is 40.3 Å². The van der Waals surface area contributed by atoms with Crippen LogP contribution >= 0.6 is 35.0 Å². The summed E-state index contributed by atoms with van der Waals surface area (Å²) < 4.78 is 0. The van der Waals surface area contributed by atoms with E-state index >= 15 is 0 Å². The van der Waals surface area contributed by atoms with Crippen molar-refractivity contribution in [2.45, 2.75) is 29.7 Å². The summed E-state index contributed by atoms with van der Waals surface area (Å²) in [6.45, 7) is 4.32. The molecule has 0 fully saturated rings. The standard InChI is InChI=1S/C12H11Cl2N3S/c1-7(2)8-3-5-9(6-4-8)18-11-10(13)16-17-12(14)15-11/h3-7H,1-2H3. The summed E-state index contributed by atoms with van der Waals surface area (Å²) in [7, 11) is 0. The summed E-state index contributed by atoms with van der Waals surface area (Å²) in [5.41, 5.74) is 1.30. The number of benzene rings is 1. The smallest absolute Gasteiger partial charge is 0.206 e. The normalized spacial score (nSPS) is 10.9. The second-order valence-electron chi connectivity index (χ2n) is 4.00. The molecule has 1 aromatic heterocycles. The Hall–Kier alpha value is -0.840. The molecule has 0 amide bonds. The van der Waals surface area contributed by atoms with Crippen molar-refractivity contribution in [1.29, 1.82) is 0 Å². The van der Waals surface area contributed by atoms with Gasteiger partial charge in [-0.1, -0.05) is 49.3 Å². The molecule has 94 valence electrons. The minimum atomic E-state index is 0.0979. The average Bonchev–Trinajstić information content (AvgIpc) is 2.34. The van der Waals surface area contributed by atoms with Gasteiger partial charge in [0.25, 0.3) is 0 Å². The Morgan fingerprint density at radius 3 is 2.33 bits per heavy atom. The van der Waals surface area contributed by atoms with Crippen molar-refractivity contribution in [2.24, 2.45) is 0 Å². The maximum Gasteiger partial charge on any atom is 0.244 e. The molecule has 1 aromatic carbocycles. The monoisotopic (exact) mass is 299 g/mol. The van der Waals surface area contributed by atoms with Gasteiger partial charge in [-0.15, -0.1) is 10.2 Å². The molecule has 0 saturated heterocycles. The molecule has 3 nitrogen and oxygen atoms in total. The van der Waals surface area contributed by atoms with Crippen molar-refractivity contribution < 1.29 is 0 Å². The first-order valence-electron chi connectivity index (χ1n) is 5.40. The number of rotatable bonds is 3. The van der Waals surface area contributed by atoms with Crippen LogP contribution in [0.4, 0.5) is 0 Å². The summed E-state index contributed by atoms with van der Waals surface area (Å²) in [6, 6.07) is 8.26. The van der Waals surface area contributed by atoms with Crippen molar-refractivity contribution >= 4 is 35.0 Å². The molecule has 1 heterocycles. The van der Waals surface area contributed by atoms with Crippen LogP contribution in [0.1, 0.15) is 25.3 Å². The minimum absolute atomic E-state index is 0.0979. The number of hydrogen-bond acceptors (Lipinski definition) is 4. The van der Waals surface area contributed by atoms with Crippen molar-refractivity contribution in [1.82, 2.24) is 15.2 Å². The van der Waals surface area contributed by atoms with E-state index in [-0.39, 0.29) is 10.4 Å². The van der Waals surface area contributed by atoms with E-state index in [1.54, 1.807) is 0 Å². The molecule has 0 aliphatic rings. The molecule has 0 N–H and O–H groups in total. The van der Waals surface area contributed by atoms with Crippen LogP contribution in [0, 0.1) is 0 Å².